The fourth-order valence-electron chi connectivity index (χ4n) is 1.65. The molecule has 0 aliphatic carbocycles. The van der Waals surface area contributed by atoms with Crippen LogP contribution in [0.25, 0.3) is 0 Å². The summed E-state index contributed by atoms with van der Waals surface area (Å²) in [5.74, 6) is -0.554. The Morgan fingerprint density at radius 3 is 2.59 bits per heavy atom. The van der Waals surface area contributed by atoms with Crippen LogP contribution >= 0.6 is 0 Å². The average Bonchev–Trinajstić information content (AvgIpc) is 2.50. The zero-order chi connectivity index (χ0) is 12.6. The van der Waals surface area contributed by atoms with Gasteiger partial charge in [0.25, 0.3) is 5.56 Å². The number of aromatic nitrogens is 1. The van der Waals surface area contributed by atoms with Gasteiger partial charge in [0, 0.05) is 25.7 Å². The van der Waals surface area contributed by atoms with Crippen LogP contribution in [0.3, 0.4) is 0 Å². The highest BCUT2D eigenvalue weighted by molar-refractivity contribution is 7.90. The van der Waals surface area contributed by atoms with E-state index in [1.807, 2.05) is 0 Å². The predicted molar refractivity (Wildman–Crippen MR) is 60.6 cm³/mol. The number of sulfonamides is 1. The van der Waals surface area contributed by atoms with E-state index in [0.717, 1.165) is 4.31 Å². The number of nitrogens with zero attached hydrogens (tertiary/aromatic N) is 2. The lowest BCUT2D eigenvalue weighted by Gasteiger charge is -2.14. The third-order valence-corrected chi connectivity index (χ3v) is 4.41. The topological polar surface area (TPSA) is 76.5 Å². The summed E-state index contributed by atoms with van der Waals surface area (Å²) < 4.78 is 25.3. The van der Waals surface area contributed by atoms with E-state index in [2.05, 4.69) is 0 Å². The zero-order valence-corrected chi connectivity index (χ0v) is 10.1. The molecule has 1 aromatic rings. The first-order valence-electron chi connectivity index (χ1n) is 5.09. The first kappa shape index (κ1) is 11.8. The Bertz CT molecular complexity index is 617. The summed E-state index contributed by atoms with van der Waals surface area (Å²) in [6.07, 6.45) is 1.57. The van der Waals surface area contributed by atoms with Crippen molar-refractivity contribution in [2.24, 2.45) is 7.05 Å². The fourth-order valence-corrected chi connectivity index (χ4v) is 3.05. The summed E-state index contributed by atoms with van der Waals surface area (Å²) in [5, 5.41) is 0. The molecule has 1 saturated heterocycles. The molecule has 1 amide bonds. The van der Waals surface area contributed by atoms with Gasteiger partial charge in [-0.25, -0.2) is 12.7 Å². The van der Waals surface area contributed by atoms with Crippen LogP contribution in [0.15, 0.2) is 23.1 Å². The van der Waals surface area contributed by atoms with Crippen molar-refractivity contribution < 1.29 is 13.2 Å². The van der Waals surface area contributed by atoms with Crippen LogP contribution in [0.1, 0.15) is 12.0 Å². The van der Waals surface area contributed by atoms with Crippen LogP contribution in [0, 0.1) is 0 Å². The second-order valence-corrected chi connectivity index (χ2v) is 5.96. The lowest BCUT2D eigenvalue weighted by molar-refractivity contribution is -0.125. The second kappa shape index (κ2) is 3.99. The monoisotopic (exact) mass is 256 g/mol. The van der Waals surface area contributed by atoms with E-state index in [0.29, 0.717) is 5.56 Å². The van der Waals surface area contributed by atoms with E-state index in [-0.39, 0.29) is 24.3 Å². The minimum absolute atomic E-state index is 0.0210. The predicted octanol–water partition coefficient (Wildman–Crippen LogP) is -0.553. The molecular weight excluding hydrogens is 244 g/mol. The fraction of sp³-hybridized carbons (Fsp3) is 0.400. The van der Waals surface area contributed by atoms with Gasteiger partial charge >= 0.3 is 0 Å². The third kappa shape index (κ3) is 2.23. The molecule has 0 aromatic carbocycles. The smallest absolute Gasteiger partial charge is 0.250 e. The molecular formula is C10H12N2O4S. The minimum Gasteiger partial charge on any atom is -0.319 e. The Balaban J connectivity index is 2.29. The maximum absolute atomic E-state index is 11.6. The Morgan fingerprint density at radius 1 is 1.35 bits per heavy atom. The van der Waals surface area contributed by atoms with E-state index in [9.17, 15) is 18.0 Å². The molecule has 1 aliphatic rings. The van der Waals surface area contributed by atoms with Crippen LogP contribution in [-0.2, 0) is 28.4 Å². The quantitative estimate of drug-likeness (QED) is 0.711. The lowest BCUT2D eigenvalue weighted by Crippen LogP contribution is -2.29. The van der Waals surface area contributed by atoms with Gasteiger partial charge in [0.2, 0.25) is 15.9 Å². The second-order valence-electron chi connectivity index (χ2n) is 3.95. The highest BCUT2D eigenvalue weighted by Crippen LogP contribution is 2.17. The van der Waals surface area contributed by atoms with E-state index < -0.39 is 15.9 Å². The molecule has 1 aromatic heterocycles. The van der Waals surface area contributed by atoms with Gasteiger partial charge in [0.15, 0.2) is 0 Å². The molecule has 2 rings (SSSR count). The van der Waals surface area contributed by atoms with Crippen molar-refractivity contribution in [3.63, 3.8) is 0 Å². The number of carbonyl (C=O) groups is 1. The molecule has 0 N–H and O–H groups in total. The number of aryl methyl sites for hydroxylation is 1. The first-order chi connectivity index (χ1) is 7.90. The van der Waals surface area contributed by atoms with Gasteiger partial charge in [-0.05, 0) is 11.6 Å². The van der Waals surface area contributed by atoms with Crippen LogP contribution < -0.4 is 5.56 Å². The van der Waals surface area contributed by atoms with E-state index >= 15 is 0 Å². The van der Waals surface area contributed by atoms with Crippen molar-refractivity contribution in [1.29, 1.82) is 0 Å². The van der Waals surface area contributed by atoms with E-state index in [4.69, 9.17) is 0 Å². The number of carbonyl (C=O) groups excluding carboxylic acids is 1. The summed E-state index contributed by atoms with van der Waals surface area (Å²) in [6.45, 7) is -0.0583. The van der Waals surface area contributed by atoms with Crippen molar-refractivity contribution in [1.82, 2.24) is 8.87 Å². The number of hydrogen-bond acceptors (Lipinski definition) is 4. The van der Waals surface area contributed by atoms with Crippen LogP contribution in [0.2, 0.25) is 0 Å². The summed E-state index contributed by atoms with van der Waals surface area (Å²) in [4.78, 5) is 22.8. The molecule has 7 heteroatoms. The molecule has 1 aliphatic heterocycles. The summed E-state index contributed by atoms with van der Waals surface area (Å²) in [5.41, 5.74) is 0.290. The first-order valence-corrected chi connectivity index (χ1v) is 6.70. The summed E-state index contributed by atoms with van der Waals surface area (Å²) in [6, 6.07) is 2.96. The SMILES string of the molecule is Cn1ccc(CN2C(=O)CCS2(=O)=O)cc1=O. The van der Waals surface area contributed by atoms with Gasteiger partial charge in [0.1, 0.15) is 0 Å². The normalized spacial score (nSPS) is 18.6. The van der Waals surface area contributed by atoms with Gasteiger partial charge < -0.3 is 4.57 Å². The van der Waals surface area contributed by atoms with Gasteiger partial charge in [-0.3, -0.25) is 9.59 Å². The number of amides is 1. The molecule has 1 fully saturated rings. The third-order valence-electron chi connectivity index (χ3n) is 2.68. The Morgan fingerprint density at radius 2 is 2.06 bits per heavy atom. The number of rotatable bonds is 2. The molecule has 92 valence electrons. The molecule has 0 radical (unpaired) electrons. The van der Waals surface area contributed by atoms with Gasteiger partial charge in [-0.15, -0.1) is 0 Å². The molecule has 17 heavy (non-hydrogen) atoms. The van der Waals surface area contributed by atoms with Crippen molar-refractivity contribution in [3.8, 4) is 0 Å². The van der Waals surface area contributed by atoms with Gasteiger partial charge in [-0.2, -0.15) is 0 Å². The Kier molecular flexibility index (Phi) is 2.78. The molecule has 0 spiro atoms. The molecule has 6 nitrogen and oxygen atoms in total. The average molecular weight is 256 g/mol. The van der Waals surface area contributed by atoms with E-state index in [1.165, 1.54) is 10.6 Å². The van der Waals surface area contributed by atoms with Crippen LogP contribution in [0.4, 0.5) is 0 Å². The van der Waals surface area contributed by atoms with Crippen molar-refractivity contribution >= 4 is 15.9 Å². The highest BCUT2D eigenvalue weighted by atomic mass is 32.2. The standard InChI is InChI=1S/C10H12N2O4S/c1-11-4-2-8(6-10(11)14)7-12-9(13)3-5-17(12,15)16/h2,4,6H,3,5,7H2,1H3. The number of pyridine rings is 1. The van der Waals surface area contributed by atoms with Gasteiger partial charge in [-0.1, -0.05) is 0 Å². The molecule has 0 saturated carbocycles. The minimum atomic E-state index is -3.48. The lowest BCUT2D eigenvalue weighted by atomic mass is 10.2. The molecule has 0 unspecified atom stereocenters. The van der Waals surface area contributed by atoms with E-state index in [1.54, 1.807) is 19.3 Å². The zero-order valence-electron chi connectivity index (χ0n) is 9.29. The summed E-state index contributed by atoms with van der Waals surface area (Å²) in [7, 11) is -1.88. The van der Waals surface area contributed by atoms with Crippen LogP contribution in [-0.4, -0.2) is 29.0 Å². The Hall–Kier alpha value is -1.63. The van der Waals surface area contributed by atoms with Crippen LogP contribution in [0.5, 0.6) is 0 Å². The van der Waals surface area contributed by atoms with Crippen molar-refractivity contribution in [2.45, 2.75) is 13.0 Å². The summed E-state index contributed by atoms with van der Waals surface area (Å²) >= 11 is 0. The largest absolute Gasteiger partial charge is 0.319 e. The number of hydrogen-bond donors (Lipinski definition) is 0. The van der Waals surface area contributed by atoms with Crippen molar-refractivity contribution in [3.05, 3.63) is 34.2 Å². The Labute approximate surface area is 98.5 Å². The van der Waals surface area contributed by atoms with Crippen molar-refractivity contribution in [2.75, 3.05) is 5.75 Å². The van der Waals surface area contributed by atoms with Gasteiger partial charge in [0.05, 0.1) is 12.3 Å². The maximum Gasteiger partial charge on any atom is 0.250 e. The molecule has 2 heterocycles. The maximum atomic E-state index is 11.6. The highest BCUT2D eigenvalue weighted by Gasteiger charge is 2.34. The molecule has 0 bridgehead atoms. The molecule has 0 atom stereocenters.